The Balaban J connectivity index is 0.00000392. The number of halogens is 1. The number of hydrogen-bond donors (Lipinski definition) is 2. The summed E-state index contributed by atoms with van der Waals surface area (Å²) >= 11 is 0. The molecule has 0 spiro atoms. The van der Waals surface area contributed by atoms with Crippen molar-refractivity contribution in [2.75, 3.05) is 13.7 Å². The van der Waals surface area contributed by atoms with Gasteiger partial charge in [0.2, 0.25) is 0 Å². The van der Waals surface area contributed by atoms with Gasteiger partial charge in [-0.05, 0) is 63.8 Å². The fourth-order valence-corrected chi connectivity index (χ4v) is 3.16. The Morgan fingerprint density at radius 3 is 2.57 bits per heavy atom. The Labute approximate surface area is 186 Å². The Morgan fingerprint density at radius 1 is 1.29 bits per heavy atom. The molecule has 0 aliphatic rings. The number of nitrogens with zero attached hydrogens (tertiary/aromatic N) is 3. The summed E-state index contributed by atoms with van der Waals surface area (Å²) in [5.74, 6) is 1.72. The summed E-state index contributed by atoms with van der Waals surface area (Å²) in [6, 6.07) is 6.46. The second-order valence-electron chi connectivity index (χ2n) is 7.02. The minimum absolute atomic E-state index is 0. The average molecular weight is 499 g/mol. The molecule has 28 heavy (non-hydrogen) atoms. The lowest BCUT2D eigenvalue weighted by Crippen LogP contribution is -2.43. The predicted molar refractivity (Wildman–Crippen MR) is 127 cm³/mol. The second kappa shape index (κ2) is 11.3. The molecule has 0 aliphatic heterocycles. The smallest absolute Gasteiger partial charge is 0.191 e. The van der Waals surface area contributed by atoms with Gasteiger partial charge in [-0.15, -0.1) is 24.0 Å². The van der Waals surface area contributed by atoms with Gasteiger partial charge >= 0.3 is 0 Å². The monoisotopic (exact) mass is 499 g/mol. The topological polar surface area (TPSA) is 63.5 Å². The van der Waals surface area contributed by atoms with Crippen LogP contribution in [0, 0.1) is 20.8 Å². The van der Waals surface area contributed by atoms with Crippen LogP contribution in [0.25, 0.3) is 0 Å². The second-order valence-corrected chi connectivity index (χ2v) is 7.02. The maximum atomic E-state index is 5.41. The summed E-state index contributed by atoms with van der Waals surface area (Å²) in [5, 5.41) is 11.4. The molecule has 0 aliphatic carbocycles. The highest BCUT2D eigenvalue weighted by Gasteiger charge is 2.14. The molecule has 0 radical (unpaired) electrons. The van der Waals surface area contributed by atoms with Gasteiger partial charge in [0.1, 0.15) is 5.75 Å². The van der Waals surface area contributed by atoms with Crippen LogP contribution in [0.1, 0.15) is 41.9 Å². The van der Waals surface area contributed by atoms with Crippen LogP contribution in [-0.2, 0) is 20.0 Å². The summed E-state index contributed by atoms with van der Waals surface area (Å²) in [7, 11) is 3.69. The number of aryl methyl sites for hydroxylation is 3. The Hall–Kier alpha value is -1.77. The number of guanidine groups is 1. The highest BCUT2D eigenvalue weighted by atomic mass is 127. The van der Waals surface area contributed by atoms with Crippen LogP contribution in [0.15, 0.2) is 23.2 Å². The van der Waals surface area contributed by atoms with E-state index in [1.54, 1.807) is 7.11 Å². The van der Waals surface area contributed by atoms with Crippen LogP contribution in [0.5, 0.6) is 5.75 Å². The quantitative estimate of drug-likeness (QED) is 0.347. The summed E-state index contributed by atoms with van der Waals surface area (Å²) in [6.45, 7) is 11.9. The van der Waals surface area contributed by atoms with Crippen molar-refractivity contribution in [1.29, 1.82) is 0 Å². The van der Waals surface area contributed by atoms with Crippen molar-refractivity contribution < 1.29 is 4.74 Å². The molecule has 0 saturated carbocycles. The number of aromatic nitrogens is 2. The molecule has 6 nitrogen and oxygen atoms in total. The van der Waals surface area contributed by atoms with Gasteiger partial charge in [-0.2, -0.15) is 5.10 Å². The molecule has 1 aromatic carbocycles. The highest BCUT2D eigenvalue weighted by molar-refractivity contribution is 14.0. The van der Waals surface area contributed by atoms with Crippen LogP contribution in [0.4, 0.5) is 0 Å². The molecule has 2 N–H and O–H groups in total. The largest absolute Gasteiger partial charge is 0.496 e. The maximum absolute atomic E-state index is 5.41. The minimum atomic E-state index is 0. The standard InChI is InChI=1S/C21H33N5O.HI/c1-8-22-21(23-13-18-10-9-14(2)20(12-18)27-7)24-15(3)11-19-16(4)25-26(6)17(19)5;/h9-10,12,15H,8,11,13H2,1-7H3,(H2,22,23,24);1H. The van der Waals surface area contributed by atoms with Crippen LogP contribution in [0.3, 0.4) is 0 Å². The molecule has 2 rings (SSSR count). The number of ether oxygens (including phenoxy) is 1. The van der Waals surface area contributed by atoms with Crippen LogP contribution in [0.2, 0.25) is 0 Å². The molecule has 1 aromatic heterocycles. The van der Waals surface area contributed by atoms with Crippen LogP contribution >= 0.6 is 24.0 Å². The molecule has 0 saturated heterocycles. The third-order valence-corrected chi connectivity index (χ3v) is 4.79. The Kier molecular flexibility index (Phi) is 9.78. The zero-order valence-corrected chi connectivity index (χ0v) is 20.4. The number of aliphatic imine (C=N–C) groups is 1. The van der Waals surface area contributed by atoms with Crippen molar-refractivity contribution in [2.24, 2.45) is 12.0 Å². The van der Waals surface area contributed by atoms with E-state index in [0.717, 1.165) is 41.5 Å². The maximum Gasteiger partial charge on any atom is 0.191 e. The van der Waals surface area contributed by atoms with Crippen molar-refractivity contribution >= 4 is 29.9 Å². The fourth-order valence-electron chi connectivity index (χ4n) is 3.16. The van der Waals surface area contributed by atoms with Gasteiger partial charge in [0.05, 0.1) is 19.3 Å². The molecule has 1 heterocycles. The first-order chi connectivity index (χ1) is 12.8. The summed E-state index contributed by atoms with van der Waals surface area (Å²) in [4.78, 5) is 4.74. The van der Waals surface area contributed by atoms with Crippen molar-refractivity contribution in [3.63, 3.8) is 0 Å². The fraction of sp³-hybridized carbons (Fsp3) is 0.524. The van der Waals surface area contributed by atoms with Gasteiger partial charge in [-0.25, -0.2) is 4.99 Å². The molecule has 0 fully saturated rings. The average Bonchev–Trinajstić information content (AvgIpc) is 2.87. The van der Waals surface area contributed by atoms with Crippen LogP contribution in [-0.4, -0.2) is 35.4 Å². The van der Waals surface area contributed by atoms with Crippen LogP contribution < -0.4 is 15.4 Å². The van der Waals surface area contributed by atoms with Gasteiger partial charge in [0.15, 0.2) is 5.96 Å². The third kappa shape index (κ3) is 6.39. The number of rotatable bonds is 7. The van der Waals surface area contributed by atoms with Gasteiger partial charge in [0.25, 0.3) is 0 Å². The molecule has 7 heteroatoms. The Morgan fingerprint density at radius 2 is 2.00 bits per heavy atom. The molecular weight excluding hydrogens is 465 g/mol. The van der Waals surface area contributed by atoms with E-state index in [1.807, 2.05) is 24.7 Å². The SMILES string of the molecule is CCNC(=NCc1ccc(C)c(OC)c1)NC(C)Cc1c(C)nn(C)c1C.I. The van der Waals surface area contributed by atoms with Gasteiger partial charge in [0, 0.05) is 25.3 Å². The van der Waals surface area contributed by atoms with Crippen molar-refractivity contribution in [2.45, 2.75) is 53.6 Å². The summed E-state index contributed by atoms with van der Waals surface area (Å²) < 4.78 is 7.35. The Bertz CT molecular complexity index is 800. The molecule has 0 bridgehead atoms. The van der Waals surface area contributed by atoms with E-state index in [0.29, 0.717) is 6.54 Å². The van der Waals surface area contributed by atoms with Crippen molar-refractivity contribution in [3.8, 4) is 5.75 Å². The first-order valence-corrected chi connectivity index (χ1v) is 9.53. The molecule has 156 valence electrons. The zero-order valence-electron chi connectivity index (χ0n) is 18.1. The van der Waals surface area contributed by atoms with E-state index in [9.17, 15) is 0 Å². The third-order valence-electron chi connectivity index (χ3n) is 4.79. The lowest BCUT2D eigenvalue weighted by molar-refractivity contribution is 0.411. The first-order valence-electron chi connectivity index (χ1n) is 9.53. The van der Waals surface area contributed by atoms with Gasteiger partial charge in [-0.1, -0.05) is 12.1 Å². The number of benzene rings is 1. The molecule has 1 unspecified atom stereocenters. The zero-order chi connectivity index (χ0) is 20.0. The van der Waals surface area contributed by atoms with Crippen molar-refractivity contribution in [1.82, 2.24) is 20.4 Å². The number of hydrogen-bond acceptors (Lipinski definition) is 3. The summed E-state index contributed by atoms with van der Waals surface area (Å²) in [6.07, 6.45) is 0.911. The van der Waals surface area contributed by atoms with E-state index in [2.05, 4.69) is 55.6 Å². The van der Waals surface area contributed by atoms with E-state index >= 15 is 0 Å². The predicted octanol–water partition coefficient (Wildman–Crippen LogP) is 3.66. The molecular formula is C21H34IN5O. The normalized spacial score (nSPS) is 12.3. The number of methoxy groups -OCH3 is 1. The molecule has 1 atom stereocenters. The van der Waals surface area contributed by atoms with E-state index in [-0.39, 0.29) is 30.0 Å². The lowest BCUT2D eigenvalue weighted by Gasteiger charge is -2.18. The van der Waals surface area contributed by atoms with Gasteiger partial charge < -0.3 is 15.4 Å². The minimum Gasteiger partial charge on any atom is -0.496 e. The first kappa shape index (κ1) is 24.3. The highest BCUT2D eigenvalue weighted by Crippen LogP contribution is 2.19. The lowest BCUT2D eigenvalue weighted by atomic mass is 10.1. The van der Waals surface area contributed by atoms with Gasteiger partial charge in [-0.3, -0.25) is 4.68 Å². The van der Waals surface area contributed by atoms with E-state index in [1.165, 1.54) is 11.3 Å². The summed E-state index contributed by atoms with van der Waals surface area (Å²) in [5.41, 5.74) is 5.87. The number of nitrogens with one attached hydrogen (secondary N) is 2. The molecule has 0 amide bonds. The molecule has 2 aromatic rings. The van der Waals surface area contributed by atoms with E-state index < -0.39 is 0 Å². The van der Waals surface area contributed by atoms with E-state index in [4.69, 9.17) is 9.73 Å². The van der Waals surface area contributed by atoms with Crippen molar-refractivity contribution in [3.05, 3.63) is 46.3 Å².